The maximum atomic E-state index is 6.84. The first kappa shape index (κ1) is 26.1. The Labute approximate surface area is 278 Å². The van der Waals surface area contributed by atoms with E-state index in [1.54, 1.807) is 22.7 Å². The van der Waals surface area contributed by atoms with E-state index in [0.29, 0.717) is 0 Å². The molecule has 1 spiro atoms. The SMILES string of the molecule is Clc1ccc2c(c1)[Si]1(c3cc(Cl)ccc3-2)c2cc(-c3nc4ccccc4s3)ccc2-c2ccc(-c3nc4ccccc4s3)cc21. The van der Waals surface area contributed by atoms with Crippen molar-refractivity contribution in [3.05, 3.63) is 131 Å². The second-order valence-corrected chi connectivity index (χ2v) is 18.2. The molecular weight excluding hydrogens is 648 g/mol. The highest BCUT2D eigenvalue weighted by Gasteiger charge is 2.54. The van der Waals surface area contributed by atoms with Crippen LogP contribution in [0.1, 0.15) is 0 Å². The smallest absolute Gasteiger partial charge is 0.182 e. The van der Waals surface area contributed by atoms with Crippen LogP contribution in [-0.2, 0) is 0 Å². The fourth-order valence-electron chi connectivity index (χ4n) is 7.43. The Kier molecular flexibility index (Phi) is 5.49. The summed E-state index contributed by atoms with van der Waals surface area (Å²) in [6.45, 7) is 0. The molecule has 0 N–H and O–H groups in total. The van der Waals surface area contributed by atoms with Gasteiger partial charge in [-0.1, -0.05) is 96.0 Å². The van der Waals surface area contributed by atoms with Crippen molar-refractivity contribution in [2.24, 2.45) is 0 Å². The first-order valence-electron chi connectivity index (χ1n) is 14.7. The lowest BCUT2D eigenvalue weighted by Crippen LogP contribution is -2.70. The molecule has 0 saturated carbocycles. The Hall–Kier alpha value is -4.10. The minimum absolute atomic E-state index is 0.749. The van der Waals surface area contributed by atoms with Crippen LogP contribution in [0.5, 0.6) is 0 Å². The van der Waals surface area contributed by atoms with Gasteiger partial charge in [-0.2, -0.15) is 0 Å². The maximum absolute atomic E-state index is 6.84. The number of hydrogen-bond acceptors (Lipinski definition) is 4. The Morgan fingerprint density at radius 3 is 1.29 bits per heavy atom. The summed E-state index contributed by atoms with van der Waals surface area (Å²) in [5, 5.41) is 8.92. The van der Waals surface area contributed by atoms with Crippen LogP contribution in [0.15, 0.2) is 121 Å². The molecular formula is C38H20Cl2N2S2Si. The van der Waals surface area contributed by atoms with Gasteiger partial charge in [0.05, 0.1) is 20.4 Å². The lowest BCUT2D eigenvalue weighted by Gasteiger charge is -2.28. The van der Waals surface area contributed by atoms with E-state index in [9.17, 15) is 0 Å². The number of fused-ring (bicyclic) bond motifs is 12. The second-order valence-electron chi connectivity index (χ2n) is 11.6. The Morgan fingerprint density at radius 2 is 0.844 bits per heavy atom. The molecule has 2 nitrogen and oxygen atoms in total. The first-order valence-corrected chi connectivity index (χ1v) is 19.1. The van der Waals surface area contributed by atoms with Gasteiger partial charge in [0.15, 0.2) is 8.07 Å². The number of halogens is 2. The van der Waals surface area contributed by atoms with E-state index < -0.39 is 8.07 Å². The van der Waals surface area contributed by atoms with Gasteiger partial charge in [0, 0.05) is 21.2 Å². The zero-order chi connectivity index (χ0) is 29.9. The van der Waals surface area contributed by atoms with Crippen molar-refractivity contribution >= 4 is 95.1 Å². The molecule has 0 fully saturated rings. The second kappa shape index (κ2) is 9.46. The van der Waals surface area contributed by atoms with E-state index in [2.05, 4.69) is 109 Å². The van der Waals surface area contributed by atoms with Crippen LogP contribution in [0.2, 0.25) is 10.0 Å². The fraction of sp³-hybridized carbons (Fsp3) is 0. The summed E-state index contributed by atoms with van der Waals surface area (Å²) in [6.07, 6.45) is 0. The molecule has 0 atom stereocenters. The summed E-state index contributed by atoms with van der Waals surface area (Å²) in [5.41, 5.74) is 9.37. The normalized spacial score (nSPS) is 13.7. The zero-order valence-electron chi connectivity index (χ0n) is 23.5. The molecule has 0 aliphatic carbocycles. The predicted octanol–water partition coefficient (Wildman–Crippen LogP) is 8.88. The highest BCUT2D eigenvalue weighted by molar-refractivity contribution is 7.25. The van der Waals surface area contributed by atoms with Gasteiger partial charge in [-0.05, 0) is 91.5 Å². The summed E-state index contributed by atoms with van der Waals surface area (Å²) < 4.78 is 2.39. The van der Waals surface area contributed by atoms with Gasteiger partial charge < -0.3 is 0 Å². The number of nitrogens with zero attached hydrogens (tertiary/aromatic N) is 2. The predicted molar refractivity (Wildman–Crippen MR) is 195 cm³/mol. The van der Waals surface area contributed by atoms with Crippen LogP contribution in [0, 0.1) is 0 Å². The number of para-hydroxylation sites is 2. The summed E-state index contributed by atoms with van der Waals surface area (Å²) in [5.74, 6) is 0. The van der Waals surface area contributed by atoms with E-state index in [0.717, 1.165) is 42.2 Å². The number of aromatic nitrogens is 2. The molecule has 6 aromatic carbocycles. The highest BCUT2D eigenvalue weighted by atomic mass is 35.5. The van der Waals surface area contributed by atoms with Crippen molar-refractivity contribution in [1.29, 1.82) is 0 Å². The fourth-order valence-corrected chi connectivity index (χ4v) is 15.6. The van der Waals surface area contributed by atoms with Gasteiger partial charge >= 0.3 is 0 Å². The van der Waals surface area contributed by atoms with Crippen molar-refractivity contribution in [2.45, 2.75) is 0 Å². The third kappa shape index (κ3) is 3.62. The molecule has 2 aromatic heterocycles. The lowest BCUT2D eigenvalue weighted by molar-refractivity contribution is 1.48. The first-order chi connectivity index (χ1) is 22.1. The van der Waals surface area contributed by atoms with Crippen LogP contribution in [-0.4, -0.2) is 18.0 Å². The third-order valence-corrected chi connectivity index (χ3v) is 16.8. The topological polar surface area (TPSA) is 25.8 Å². The summed E-state index contributed by atoms with van der Waals surface area (Å²) in [7, 11) is -2.84. The van der Waals surface area contributed by atoms with E-state index in [4.69, 9.17) is 33.2 Å². The van der Waals surface area contributed by atoms with E-state index >= 15 is 0 Å². The maximum Gasteiger partial charge on any atom is 0.182 e. The average Bonchev–Trinajstić information content (AvgIpc) is 3.82. The van der Waals surface area contributed by atoms with Crippen molar-refractivity contribution < 1.29 is 0 Å². The van der Waals surface area contributed by atoms with Crippen molar-refractivity contribution in [3.8, 4) is 43.4 Å². The van der Waals surface area contributed by atoms with Crippen LogP contribution in [0.25, 0.3) is 63.8 Å². The van der Waals surface area contributed by atoms with E-state index in [-0.39, 0.29) is 0 Å². The number of thiazole rings is 2. The minimum Gasteiger partial charge on any atom is -0.236 e. The van der Waals surface area contributed by atoms with Crippen LogP contribution in [0.3, 0.4) is 0 Å². The number of rotatable bonds is 2. The molecule has 212 valence electrons. The summed E-state index contributed by atoms with van der Waals surface area (Å²) >= 11 is 17.2. The molecule has 8 aromatic rings. The largest absolute Gasteiger partial charge is 0.236 e. The summed E-state index contributed by atoms with van der Waals surface area (Å²) in [6, 6.07) is 43.5. The minimum atomic E-state index is -2.84. The van der Waals surface area contributed by atoms with E-state index in [1.807, 2.05) is 12.1 Å². The van der Waals surface area contributed by atoms with Crippen LogP contribution < -0.4 is 20.7 Å². The summed E-state index contributed by atoms with van der Waals surface area (Å²) in [4.78, 5) is 10.1. The quantitative estimate of drug-likeness (QED) is 0.172. The van der Waals surface area contributed by atoms with Crippen LogP contribution in [0.4, 0.5) is 0 Å². The van der Waals surface area contributed by atoms with Gasteiger partial charge in [-0.25, -0.2) is 9.97 Å². The molecule has 2 aliphatic rings. The standard InChI is InChI=1S/C38H20Cl2N2S2Si/c39-23-11-15-27-28-16-12-24(40)20-36(28)45(35(27)19-23)33-17-21(37-41-29-5-1-3-7-31(29)43-37)9-13-25(33)26-14-10-22(18-34(26)45)38-42-30-6-2-4-8-32(30)44-38/h1-20H. The third-order valence-electron chi connectivity index (χ3n) is 9.28. The monoisotopic (exact) mass is 666 g/mol. The molecule has 2 aliphatic heterocycles. The lowest BCUT2D eigenvalue weighted by atomic mass is 10.0. The average molecular weight is 668 g/mol. The number of hydrogen-bond donors (Lipinski definition) is 0. The molecule has 0 bridgehead atoms. The molecule has 4 heterocycles. The van der Waals surface area contributed by atoms with E-state index in [1.165, 1.54) is 52.4 Å². The van der Waals surface area contributed by atoms with Gasteiger partial charge in [0.2, 0.25) is 0 Å². The van der Waals surface area contributed by atoms with Gasteiger partial charge in [-0.15, -0.1) is 22.7 Å². The van der Waals surface area contributed by atoms with Crippen LogP contribution >= 0.6 is 45.9 Å². The molecule has 10 rings (SSSR count). The van der Waals surface area contributed by atoms with Crippen molar-refractivity contribution in [3.63, 3.8) is 0 Å². The number of benzene rings is 6. The van der Waals surface area contributed by atoms with Gasteiger partial charge in [0.25, 0.3) is 0 Å². The Balaban J connectivity index is 1.30. The Bertz CT molecular complexity index is 2310. The Morgan fingerprint density at radius 1 is 0.444 bits per heavy atom. The van der Waals surface area contributed by atoms with Crippen molar-refractivity contribution in [2.75, 3.05) is 0 Å². The molecule has 0 saturated heterocycles. The zero-order valence-corrected chi connectivity index (χ0v) is 27.7. The molecule has 7 heteroatoms. The van der Waals surface area contributed by atoms with Crippen molar-refractivity contribution in [1.82, 2.24) is 9.97 Å². The molecule has 0 radical (unpaired) electrons. The molecule has 0 amide bonds. The molecule has 0 unspecified atom stereocenters. The highest BCUT2D eigenvalue weighted by Crippen LogP contribution is 2.41. The molecule has 45 heavy (non-hydrogen) atoms. The van der Waals surface area contributed by atoms with Gasteiger partial charge in [-0.3, -0.25) is 0 Å². The van der Waals surface area contributed by atoms with Gasteiger partial charge in [0.1, 0.15) is 10.0 Å².